The van der Waals surface area contributed by atoms with Gasteiger partial charge in [0, 0.05) is 19.5 Å². The summed E-state index contributed by atoms with van der Waals surface area (Å²) in [4.78, 5) is 10.8. The first kappa shape index (κ1) is 26.1. The van der Waals surface area contributed by atoms with Crippen molar-refractivity contribution in [3.8, 4) is 0 Å². The van der Waals surface area contributed by atoms with Gasteiger partial charge in [-0.2, -0.15) is 0 Å². The number of hydrogen-bond acceptors (Lipinski definition) is 3. The fourth-order valence-electron chi connectivity index (χ4n) is 3.76. The van der Waals surface area contributed by atoms with E-state index in [-0.39, 0.29) is 10.8 Å². The fourth-order valence-corrected chi connectivity index (χ4v) is 3.96. The molecule has 2 aromatic carbocycles. The number of nitrogens with zero attached hydrogens (tertiary/aromatic N) is 3. The van der Waals surface area contributed by atoms with Gasteiger partial charge in [0.15, 0.2) is 0 Å². The molecule has 0 saturated heterocycles. The van der Waals surface area contributed by atoms with Crippen LogP contribution in [0.25, 0.3) is 10.9 Å². The molecular formula is C27H37ClFN3. The van der Waals surface area contributed by atoms with Crippen LogP contribution in [0, 0.1) is 24.6 Å². The molecule has 0 atom stereocenters. The summed E-state index contributed by atoms with van der Waals surface area (Å²) < 4.78 is 12.9. The van der Waals surface area contributed by atoms with Gasteiger partial charge in [0.05, 0.1) is 10.5 Å². The van der Waals surface area contributed by atoms with Crippen molar-refractivity contribution in [1.82, 2.24) is 9.97 Å². The Labute approximate surface area is 198 Å². The lowest BCUT2D eigenvalue weighted by molar-refractivity contribution is 0.308. The van der Waals surface area contributed by atoms with Crippen LogP contribution in [0.2, 0.25) is 5.02 Å². The van der Waals surface area contributed by atoms with Gasteiger partial charge in [-0.05, 0) is 48.9 Å². The number of fused-ring (bicyclic) bond motifs is 1. The average molecular weight is 458 g/mol. The molecule has 3 nitrogen and oxygen atoms in total. The van der Waals surface area contributed by atoms with E-state index in [2.05, 4.69) is 23.8 Å². The second-order valence-corrected chi connectivity index (χ2v) is 9.34. The molecule has 0 N–H and O–H groups in total. The van der Waals surface area contributed by atoms with Gasteiger partial charge in [-0.15, -0.1) is 0 Å². The van der Waals surface area contributed by atoms with Crippen LogP contribution in [0.1, 0.15) is 57.8 Å². The monoisotopic (exact) mass is 457 g/mol. The number of rotatable bonds is 2. The Bertz CT molecular complexity index is 972. The van der Waals surface area contributed by atoms with Gasteiger partial charge in [-0.3, -0.25) is 0 Å². The third kappa shape index (κ3) is 7.74. The standard InChI is InChI=1S/C11H13N3.C8H8ClF.C8H16/c1-8-12-10-7-5-4-6-9(10)11(13-8)14(2)3;1-2-6-4-3-5-7(9)8(6)10;1-7-3-5-8(2)6-4-7/h4-7H,1-3H3;3-5H,2H2,1H3;7-8H,3-6H2,1-2H3. The summed E-state index contributed by atoms with van der Waals surface area (Å²) >= 11 is 5.52. The van der Waals surface area contributed by atoms with Crippen molar-refractivity contribution in [2.75, 3.05) is 19.0 Å². The van der Waals surface area contributed by atoms with Crippen LogP contribution in [0.5, 0.6) is 0 Å². The Balaban J connectivity index is 0.000000178. The molecule has 1 aliphatic carbocycles. The normalized spacial score (nSPS) is 17.6. The number of aryl methyl sites for hydroxylation is 2. The number of para-hydroxylation sites is 1. The molecule has 0 radical (unpaired) electrons. The molecule has 1 heterocycles. The van der Waals surface area contributed by atoms with Crippen LogP contribution in [0.4, 0.5) is 10.2 Å². The van der Waals surface area contributed by atoms with Crippen LogP contribution < -0.4 is 4.90 Å². The van der Waals surface area contributed by atoms with Gasteiger partial charge in [0.25, 0.3) is 0 Å². The lowest BCUT2D eigenvalue weighted by Crippen LogP contribution is -2.12. The molecule has 4 rings (SSSR count). The van der Waals surface area contributed by atoms with Crippen LogP contribution >= 0.6 is 11.6 Å². The third-order valence-electron chi connectivity index (χ3n) is 5.84. The van der Waals surface area contributed by atoms with Gasteiger partial charge in [-0.25, -0.2) is 14.4 Å². The zero-order chi connectivity index (χ0) is 23.7. The average Bonchev–Trinajstić information content (AvgIpc) is 2.78. The molecule has 174 valence electrons. The van der Waals surface area contributed by atoms with E-state index in [1.165, 1.54) is 25.7 Å². The van der Waals surface area contributed by atoms with E-state index in [1.54, 1.807) is 18.2 Å². The number of aromatic nitrogens is 2. The van der Waals surface area contributed by atoms with Gasteiger partial charge in [-0.1, -0.05) is 82.3 Å². The summed E-state index contributed by atoms with van der Waals surface area (Å²) in [6, 6.07) is 13.1. The molecule has 0 unspecified atom stereocenters. The topological polar surface area (TPSA) is 29.0 Å². The van der Waals surface area contributed by atoms with Crippen LogP contribution in [-0.4, -0.2) is 24.1 Å². The minimum absolute atomic E-state index is 0.208. The maximum absolute atomic E-state index is 12.9. The molecule has 0 amide bonds. The van der Waals surface area contributed by atoms with Crippen LogP contribution in [0.15, 0.2) is 42.5 Å². The van der Waals surface area contributed by atoms with E-state index in [1.807, 2.05) is 57.1 Å². The zero-order valence-electron chi connectivity index (χ0n) is 20.3. The molecule has 1 aromatic heterocycles. The Morgan fingerprint density at radius 2 is 1.53 bits per heavy atom. The van der Waals surface area contributed by atoms with Gasteiger partial charge < -0.3 is 4.90 Å². The number of benzene rings is 2. The largest absolute Gasteiger partial charge is 0.362 e. The van der Waals surface area contributed by atoms with Gasteiger partial charge in [0.1, 0.15) is 17.5 Å². The lowest BCUT2D eigenvalue weighted by atomic mass is 9.84. The van der Waals surface area contributed by atoms with Crippen molar-refractivity contribution < 1.29 is 4.39 Å². The first-order valence-corrected chi connectivity index (χ1v) is 11.9. The highest BCUT2D eigenvalue weighted by Gasteiger charge is 2.13. The Morgan fingerprint density at radius 1 is 0.938 bits per heavy atom. The van der Waals surface area contributed by atoms with Crippen molar-refractivity contribution in [3.05, 3.63) is 64.7 Å². The highest BCUT2D eigenvalue weighted by molar-refractivity contribution is 6.30. The smallest absolute Gasteiger partial charge is 0.144 e. The zero-order valence-corrected chi connectivity index (χ0v) is 21.1. The molecule has 32 heavy (non-hydrogen) atoms. The number of anilines is 1. The maximum atomic E-state index is 12.9. The highest BCUT2D eigenvalue weighted by Crippen LogP contribution is 2.27. The number of halogens is 2. The molecule has 1 fully saturated rings. The Kier molecular flexibility index (Phi) is 10.4. The van der Waals surface area contributed by atoms with Crippen LogP contribution in [-0.2, 0) is 6.42 Å². The molecule has 0 aliphatic heterocycles. The van der Waals surface area contributed by atoms with Crippen molar-refractivity contribution in [1.29, 1.82) is 0 Å². The summed E-state index contributed by atoms with van der Waals surface area (Å²) in [5.74, 6) is 3.55. The SMILES string of the molecule is CC1CCC(C)CC1.CCc1cccc(Cl)c1F.Cc1nc(N(C)C)c2ccccc2n1. The van der Waals surface area contributed by atoms with Crippen molar-refractivity contribution in [2.45, 2.75) is 59.8 Å². The van der Waals surface area contributed by atoms with Crippen molar-refractivity contribution in [3.63, 3.8) is 0 Å². The van der Waals surface area contributed by atoms with Gasteiger partial charge >= 0.3 is 0 Å². The maximum Gasteiger partial charge on any atom is 0.144 e. The lowest BCUT2D eigenvalue weighted by Gasteiger charge is -2.22. The van der Waals surface area contributed by atoms with E-state index in [4.69, 9.17) is 11.6 Å². The highest BCUT2D eigenvalue weighted by atomic mass is 35.5. The van der Waals surface area contributed by atoms with E-state index < -0.39 is 0 Å². The summed E-state index contributed by atoms with van der Waals surface area (Å²) in [6.07, 6.45) is 6.58. The van der Waals surface area contributed by atoms with Crippen molar-refractivity contribution >= 4 is 28.3 Å². The van der Waals surface area contributed by atoms with E-state index >= 15 is 0 Å². The predicted octanol–water partition coefficient (Wildman–Crippen LogP) is 7.88. The minimum atomic E-state index is -0.285. The summed E-state index contributed by atoms with van der Waals surface area (Å²) in [5, 5.41) is 1.31. The first-order valence-electron chi connectivity index (χ1n) is 11.6. The van der Waals surface area contributed by atoms with E-state index in [0.29, 0.717) is 12.0 Å². The quantitative estimate of drug-likeness (QED) is 0.391. The van der Waals surface area contributed by atoms with E-state index in [0.717, 1.165) is 34.4 Å². The summed E-state index contributed by atoms with van der Waals surface area (Å²) in [7, 11) is 3.99. The molecule has 0 bridgehead atoms. The van der Waals surface area contributed by atoms with Crippen molar-refractivity contribution in [2.24, 2.45) is 11.8 Å². The second kappa shape index (κ2) is 12.7. The molecule has 5 heteroatoms. The second-order valence-electron chi connectivity index (χ2n) is 8.94. The molecular weight excluding hydrogens is 421 g/mol. The molecule has 1 saturated carbocycles. The molecule has 0 spiro atoms. The summed E-state index contributed by atoms with van der Waals surface area (Å²) in [6.45, 7) is 8.55. The fraction of sp³-hybridized carbons (Fsp3) is 0.481. The molecule has 1 aliphatic rings. The molecule has 3 aromatic rings. The third-order valence-corrected chi connectivity index (χ3v) is 6.13. The Hall–Kier alpha value is -2.20. The number of hydrogen-bond donors (Lipinski definition) is 0. The van der Waals surface area contributed by atoms with Gasteiger partial charge in [0.2, 0.25) is 0 Å². The Morgan fingerprint density at radius 3 is 2.06 bits per heavy atom. The predicted molar refractivity (Wildman–Crippen MR) is 136 cm³/mol. The first-order chi connectivity index (χ1) is 15.2. The van der Waals surface area contributed by atoms with E-state index in [9.17, 15) is 4.39 Å². The van der Waals surface area contributed by atoms with Crippen LogP contribution in [0.3, 0.4) is 0 Å². The summed E-state index contributed by atoms with van der Waals surface area (Å²) in [5.41, 5.74) is 1.68. The minimum Gasteiger partial charge on any atom is -0.362 e.